The van der Waals surface area contributed by atoms with E-state index in [0.29, 0.717) is 0 Å². The Morgan fingerprint density at radius 3 is 2.41 bits per heavy atom. The Morgan fingerprint density at radius 2 is 1.88 bits per heavy atom. The van der Waals surface area contributed by atoms with Crippen LogP contribution in [0.5, 0.6) is 0 Å². The van der Waals surface area contributed by atoms with Crippen LogP contribution in [0.1, 0.15) is 45.9 Å². The summed E-state index contributed by atoms with van der Waals surface area (Å²) in [7, 11) is 0. The molecule has 0 amide bonds. The van der Waals surface area contributed by atoms with Crippen molar-refractivity contribution in [2.45, 2.75) is 53.1 Å². The van der Waals surface area contributed by atoms with E-state index in [9.17, 15) is 0 Å². The van der Waals surface area contributed by atoms with Gasteiger partial charge >= 0.3 is 0 Å². The predicted octanol–water partition coefficient (Wildman–Crippen LogP) is 2.96. The van der Waals surface area contributed by atoms with Crippen molar-refractivity contribution < 1.29 is 0 Å². The molecule has 0 bridgehead atoms. The van der Waals surface area contributed by atoms with E-state index < -0.39 is 0 Å². The molecule has 96 valence electrons. The fourth-order valence-corrected chi connectivity index (χ4v) is 1.57. The van der Waals surface area contributed by atoms with Gasteiger partial charge in [0.05, 0.1) is 0 Å². The number of nitrogens with zero attached hydrogens (tertiary/aromatic N) is 1. The number of pyridine rings is 1. The number of hydrogen-bond donors (Lipinski definition) is 2. The number of nitrogens with one attached hydrogen (secondary N) is 2. The first-order valence-corrected chi connectivity index (χ1v) is 6.43. The number of anilines is 1. The number of hydrogen-bond acceptors (Lipinski definition) is 3. The summed E-state index contributed by atoms with van der Waals surface area (Å²) in [4.78, 5) is 4.55. The first kappa shape index (κ1) is 14.0. The number of rotatable bonds is 5. The minimum absolute atomic E-state index is 0.147. The molecular weight excluding hydrogens is 210 g/mol. The van der Waals surface area contributed by atoms with Crippen LogP contribution in [-0.2, 0) is 13.0 Å². The van der Waals surface area contributed by atoms with Gasteiger partial charge in [-0.05, 0) is 51.8 Å². The van der Waals surface area contributed by atoms with Crippen molar-refractivity contribution in [1.82, 2.24) is 10.3 Å². The second-order valence-electron chi connectivity index (χ2n) is 5.34. The third-order valence-electron chi connectivity index (χ3n) is 2.48. The van der Waals surface area contributed by atoms with E-state index in [1.54, 1.807) is 0 Å². The number of aromatic nitrogens is 1. The van der Waals surface area contributed by atoms with Gasteiger partial charge < -0.3 is 10.6 Å². The second kappa shape index (κ2) is 6.01. The smallest absolute Gasteiger partial charge is 0.126 e. The van der Waals surface area contributed by atoms with Crippen LogP contribution in [0.15, 0.2) is 12.1 Å². The molecule has 0 fully saturated rings. The highest BCUT2D eigenvalue weighted by Gasteiger charge is 2.09. The molecule has 1 rings (SSSR count). The first-order chi connectivity index (χ1) is 7.94. The van der Waals surface area contributed by atoms with E-state index in [0.717, 1.165) is 31.0 Å². The van der Waals surface area contributed by atoms with Crippen molar-refractivity contribution in [3.8, 4) is 0 Å². The lowest BCUT2D eigenvalue weighted by Gasteiger charge is -2.21. The molecule has 0 spiro atoms. The summed E-state index contributed by atoms with van der Waals surface area (Å²) in [6.45, 7) is 12.6. The minimum Gasteiger partial charge on any atom is -0.370 e. The van der Waals surface area contributed by atoms with Crippen LogP contribution in [-0.4, -0.2) is 17.1 Å². The molecule has 0 saturated heterocycles. The van der Waals surface area contributed by atoms with Crippen molar-refractivity contribution in [3.63, 3.8) is 0 Å². The standard InChI is InChI=1S/C14H25N3/c1-6-12-8-11(10-16-14(3,4)5)9-13(17-12)15-7-2/h8-9,16H,6-7,10H2,1-5H3,(H,15,17). The molecule has 0 aliphatic carbocycles. The van der Waals surface area contributed by atoms with Crippen molar-refractivity contribution in [2.24, 2.45) is 0 Å². The van der Waals surface area contributed by atoms with Crippen LogP contribution >= 0.6 is 0 Å². The Bertz CT molecular complexity index is 353. The SMILES string of the molecule is CCNc1cc(CNC(C)(C)C)cc(CC)n1. The Labute approximate surface area is 105 Å². The van der Waals surface area contributed by atoms with E-state index in [4.69, 9.17) is 0 Å². The zero-order valence-electron chi connectivity index (χ0n) is 11.7. The molecular formula is C14H25N3. The van der Waals surface area contributed by atoms with Crippen molar-refractivity contribution in [3.05, 3.63) is 23.4 Å². The van der Waals surface area contributed by atoms with E-state index in [-0.39, 0.29) is 5.54 Å². The Kier molecular flexibility index (Phi) is 4.94. The molecule has 2 N–H and O–H groups in total. The highest BCUT2D eigenvalue weighted by Crippen LogP contribution is 2.12. The van der Waals surface area contributed by atoms with Gasteiger partial charge in [0, 0.05) is 24.3 Å². The zero-order valence-corrected chi connectivity index (χ0v) is 11.7. The van der Waals surface area contributed by atoms with Gasteiger partial charge in [-0.2, -0.15) is 0 Å². The number of aryl methyl sites for hydroxylation is 1. The third kappa shape index (κ3) is 5.18. The molecule has 1 aromatic rings. The maximum atomic E-state index is 4.55. The highest BCUT2D eigenvalue weighted by atomic mass is 15.0. The maximum Gasteiger partial charge on any atom is 0.126 e. The molecule has 0 aromatic carbocycles. The van der Waals surface area contributed by atoms with Gasteiger partial charge in [-0.25, -0.2) is 4.98 Å². The van der Waals surface area contributed by atoms with Gasteiger partial charge in [0.15, 0.2) is 0 Å². The molecule has 3 nitrogen and oxygen atoms in total. The molecule has 0 unspecified atom stereocenters. The van der Waals surface area contributed by atoms with Crippen LogP contribution in [0.2, 0.25) is 0 Å². The van der Waals surface area contributed by atoms with Crippen LogP contribution in [0, 0.1) is 0 Å². The van der Waals surface area contributed by atoms with Crippen LogP contribution in [0.4, 0.5) is 5.82 Å². The summed E-state index contributed by atoms with van der Waals surface area (Å²) in [5, 5.41) is 6.78. The van der Waals surface area contributed by atoms with Gasteiger partial charge in [0.1, 0.15) is 5.82 Å². The second-order valence-corrected chi connectivity index (χ2v) is 5.34. The lowest BCUT2D eigenvalue weighted by molar-refractivity contribution is 0.424. The summed E-state index contributed by atoms with van der Waals surface area (Å²) in [5.41, 5.74) is 2.59. The minimum atomic E-state index is 0.147. The van der Waals surface area contributed by atoms with Crippen molar-refractivity contribution in [1.29, 1.82) is 0 Å². The Hall–Kier alpha value is -1.09. The monoisotopic (exact) mass is 235 g/mol. The fourth-order valence-electron chi connectivity index (χ4n) is 1.57. The molecule has 1 heterocycles. The topological polar surface area (TPSA) is 37.0 Å². The summed E-state index contributed by atoms with van der Waals surface area (Å²) in [5.74, 6) is 0.984. The molecule has 0 radical (unpaired) electrons. The average molecular weight is 235 g/mol. The normalized spacial score (nSPS) is 11.6. The van der Waals surface area contributed by atoms with Gasteiger partial charge in [-0.1, -0.05) is 6.92 Å². The Balaban J connectivity index is 2.79. The van der Waals surface area contributed by atoms with E-state index in [2.05, 4.69) is 62.4 Å². The van der Waals surface area contributed by atoms with E-state index in [1.165, 1.54) is 5.56 Å². The van der Waals surface area contributed by atoms with E-state index in [1.807, 2.05) is 0 Å². The van der Waals surface area contributed by atoms with Gasteiger partial charge in [0.2, 0.25) is 0 Å². The average Bonchev–Trinajstić information content (AvgIpc) is 2.25. The summed E-state index contributed by atoms with van der Waals surface area (Å²) in [6, 6.07) is 4.31. The predicted molar refractivity (Wildman–Crippen MR) is 74.4 cm³/mol. The first-order valence-electron chi connectivity index (χ1n) is 6.43. The maximum absolute atomic E-state index is 4.55. The summed E-state index contributed by atoms with van der Waals surface area (Å²) in [6.07, 6.45) is 0.974. The van der Waals surface area contributed by atoms with Crippen molar-refractivity contribution >= 4 is 5.82 Å². The molecule has 0 aliphatic rings. The largest absolute Gasteiger partial charge is 0.370 e. The Morgan fingerprint density at radius 1 is 1.18 bits per heavy atom. The molecule has 0 atom stereocenters. The fraction of sp³-hybridized carbons (Fsp3) is 0.643. The highest BCUT2D eigenvalue weighted by molar-refractivity contribution is 5.39. The van der Waals surface area contributed by atoms with Gasteiger partial charge in [-0.3, -0.25) is 0 Å². The van der Waals surface area contributed by atoms with Gasteiger partial charge in [-0.15, -0.1) is 0 Å². The lowest BCUT2D eigenvalue weighted by Crippen LogP contribution is -2.35. The van der Waals surface area contributed by atoms with Crippen LogP contribution < -0.4 is 10.6 Å². The van der Waals surface area contributed by atoms with E-state index >= 15 is 0 Å². The molecule has 3 heteroatoms. The molecule has 0 aliphatic heterocycles. The summed E-state index contributed by atoms with van der Waals surface area (Å²) >= 11 is 0. The van der Waals surface area contributed by atoms with Crippen molar-refractivity contribution in [2.75, 3.05) is 11.9 Å². The lowest BCUT2D eigenvalue weighted by atomic mass is 10.1. The molecule has 1 aromatic heterocycles. The molecule has 17 heavy (non-hydrogen) atoms. The van der Waals surface area contributed by atoms with Gasteiger partial charge in [0.25, 0.3) is 0 Å². The van der Waals surface area contributed by atoms with Crippen LogP contribution in [0.3, 0.4) is 0 Å². The molecule has 0 saturated carbocycles. The third-order valence-corrected chi connectivity index (χ3v) is 2.48. The zero-order chi connectivity index (χ0) is 12.9. The quantitative estimate of drug-likeness (QED) is 0.824. The van der Waals surface area contributed by atoms with Crippen LogP contribution in [0.25, 0.3) is 0 Å². The summed E-state index contributed by atoms with van der Waals surface area (Å²) < 4.78 is 0.